The van der Waals surface area contributed by atoms with Crippen molar-refractivity contribution < 1.29 is 18.0 Å². The van der Waals surface area contributed by atoms with Gasteiger partial charge in [0.25, 0.3) is 0 Å². The molecule has 0 aromatic rings. The van der Waals surface area contributed by atoms with Crippen LogP contribution in [0.4, 0.5) is 4.39 Å². The quantitative estimate of drug-likeness (QED) is 0.574. The second kappa shape index (κ2) is 6.90. The predicted octanol–water partition coefficient (Wildman–Crippen LogP) is 2.45. The zero-order valence-corrected chi connectivity index (χ0v) is 10.1. The van der Waals surface area contributed by atoms with E-state index in [1.807, 2.05) is 0 Å². The molecule has 0 spiro atoms. The van der Waals surface area contributed by atoms with Crippen LogP contribution in [0.3, 0.4) is 0 Å². The Hall–Kier alpha value is 0.520. The Morgan fingerprint density at radius 1 is 1.62 bits per heavy atom. The van der Waals surface area contributed by atoms with Gasteiger partial charge in [-0.3, -0.25) is 9.05 Å². The molecule has 4 nitrogen and oxygen atoms in total. The maximum absolute atomic E-state index is 12.7. The molecular formula is C6H14BrFNO3P. The van der Waals surface area contributed by atoms with Gasteiger partial charge in [-0.05, 0) is 6.92 Å². The van der Waals surface area contributed by atoms with E-state index in [4.69, 9.17) is 4.52 Å². The highest BCUT2D eigenvalue weighted by molar-refractivity contribution is 9.09. The van der Waals surface area contributed by atoms with E-state index < -0.39 is 14.1 Å². The van der Waals surface area contributed by atoms with Crippen molar-refractivity contribution in [2.45, 2.75) is 20.2 Å². The first-order valence-electron chi connectivity index (χ1n) is 3.96. The topological polar surface area (TPSA) is 47.6 Å². The second-order valence-corrected chi connectivity index (χ2v) is 4.52. The highest BCUT2D eigenvalue weighted by atomic mass is 79.9. The number of halogens is 2. The second-order valence-electron chi connectivity index (χ2n) is 2.10. The smallest absolute Gasteiger partial charge is 0.297 e. The Labute approximate surface area is 85.9 Å². The molecule has 0 amide bonds. The normalized spacial score (nSPS) is 18.2. The van der Waals surface area contributed by atoms with Gasteiger partial charge >= 0.3 is 7.75 Å². The summed E-state index contributed by atoms with van der Waals surface area (Å²) in [6.45, 7) is 4.00. The van der Waals surface area contributed by atoms with Gasteiger partial charge in [-0.2, -0.15) is 0 Å². The summed E-state index contributed by atoms with van der Waals surface area (Å²) < 4.78 is 33.7. The molecule has 0 heterocycles. The molecule has 0 aromatic heterocycles. The molecule has 13 heavy (non-hydrogen) atoms. The third-order valence-electron chi connectivity index (χ3n) is 1.03. The molecule has 7 heteroatoms. The number of hydrogen-bond donors (Lipinski definition) is 1. The largest absolute Gasteiger partial charge is 0.408 e. The average Bonchev–Trinajstić information content (AvgIpc) is 2.04. The SMILES string of the molecule is CCNP(=O)(OCC)OC(F)CBr. The maximum atomic E-state index is 12.7. The van der Waals surface area contributed by atoms with Crippen LogP contribution in [-0.4, -0.2) is 24.8 Å². The summed E-state index contributed by atoms with van der Waals surface area (Å²) in [5.41, 5.74) is 0. The van der Waals surface area contributed by atoms with Gasteiger partial charge < -0.3 is 0 Å². The lowest BCUT2D eigenvalue weighted by Gasteiger charge is -2.18. The van der Waals surface area contributed by atoms with Crippen molar-refractivity contribution in [2.24, 2.45) is 0 Å². The number of nitrogens with one attached hydrogen (secondary N) is 1. The minimum atomic E-state index is -3.45. The fourth-order valence-electron chi connectivity index (χ4n) is 0.656. The van der Waals surface area contributed by atoms with Crippen molar-refractivity contribution >= 4 is 23.7 Å². The zero-order valence-electron chi connectivity index (χ0n) is 7.63. The fourth-order valence-corrected chi connectivity index (χ4v) is 2.32. The zero-order chi connectivity index (χ0) is 10.3. The third-order valence-corrected chi connectivity index (χ3v) is 3.34. The third kappa shape index (κ3) is 5.75. The van der Waals surface area contributed by atoms with Crippen molar-refractivity contribution in [3.8, 4) is 0 Å². The molecule has 0 radical (unpaired) electrons. The number of rotatable bonds is 7. The lowest BCUT2D eigenvalue weighted by molar-refractivity contribution is 0.0644. The van der Waals surface area contributed by atoms with Gasteiger partial charge in [0, 0.05) is 6.54 Å². The van der Waals surface area contributed by atoms with E-state index in [1.54, 1.807) is 13.8 Å². The van der Waals surface area contributed by atoms with Crippen LogP contribution in [0.15, 0.2) is 0 Å². The molecule has 2 unspecified atom stereocenters. The molecule has 0 aliphatic heterocycles. The monoisotopic (exact) mass is 277 g/mol. The summed E-state index contributed by atoms with van der Waals surface area (Å²) in [5.74, 6) is 0. The Balaban J connectivity index is 4.14. The minimum Gasteiger partial charge on any atom is -0.297 e. The van der Waals surface area contributed by atoms with E-state index in [2.05, 4.69) is 25.5 Å². The summed E-state index contributed by atoms with van der Waals surface area (Å²) in [4.78, 5) is 0. The van der Waals surface area contributed by atoms with Crippen LogP contribution in [0.1, 0.15) is 13.8 Å². The molecule has 0 aliphatic rings. The van der Waals surface area contributed by atoms with E-state index in [9.17, 15) is 8.96 Å². The Morgan fingerprint density at radius 2 is 2.23 bits per heavy atom. The summed E-state index contributed by atoms with van der Waals surface area (Å²) in [6, 6.07) is 0. The van der Waals surface area contributed by atoms with Crippen molar-refractivity contribution in [1.29, 1.82) is 0 Å². The van der Waals surface area contributed by atoms with Crippen LogP contribution in [0.5, 0.6) is 0 Å². The van der Waals surface area contributed by atoms with E-state index in [-0.39, 0.29) is 11.9 Å². The fraction of sp³-hybridized carbons (Fsp3) is 1.00. The van der Waals surface area contributed by atoms with Gasteiger partial charge in [-0.1, -0.05) is 22.9 Å². The molecule has 0 fully saturated rings. The van der Waals surface area contributed by atoms with Gasteiger partial charge in [0.05, 0.1) is 11.9 Å². The van der Waals surface area contributed by atoms with E-state index in [0.717, 1.165) is 0 Å². The van der Waals surface area contributed by atoms with E-state index >= 15 is 0 Å². The van der Waals surface area contributed by atoms with Crippen molar-refractivity contribution in [2.75, 3.05) is 18.5 Å². The summed E-state index contributed by atoms with van der Waals surface area (Å²) >= 11 is 2.87. The first-order chi connectivity index (χ1) is 6.08. The van der Waals surface area contributed by atoms with Gasteiger partial charge in [0.2, 0.25) is 6.36 Å². The Bertz CT molecular complexity index is 173. The highest BCUT2D eigenvalue weighted by Gasteiger charge is 2.26. The lowest BCUT2D eigenvalue weighted by atomic mass is 10.8. The molecule has 80 valence electrons. The molecule has 0 rings (SSSR count). The van der Waals surface area contributed by atoms with Crippen LogP contribution in [0.25, 0.3) is 0 Å². The van der Waals surface area contributed by atoms with Gasteiger partial charge in [0.1, 0.15) is 0 Å². The van der Waals surface area contributed by atoms with Gasteiger partial charge in [-0.25, -0.2) is 14.0 Å². The first-order valence-corrected chi connectivity index (χ1v) is 6.62. The van der Waals surface area contributed by atoms with E-state index in [1.165, 1.54) is 0 Å². The lowest BCUT2D eigenvalue weighted by Crippen LogP contribution is -2.18. The molecule has 0 aliphatic carbocycles. The molecule has 2 atom stereocenters. The standard InChI is InChI=1S/C6H14BrFNO3P/c1-3-9-13(10,11-4-2)12-6(8)5-7/h6H,3-5H2,1-2H3,(H,9,10). The molecule has 1 N–H and O–H groups in total. The average molecular weight is 278 g/mol. The maximum Gasteiger partial charge on any atom is 0.408 e. The summed E-state index contributed by atoms with van der Waals surface area (Å²) in [5, 5.41) is 2.44. The van der Waals surface area contributed by atoms with Crippen LogP contribution >= 0.6 is 23.7 Å². The minimum absolute atomic E-state index is 0.0323. The van der Waals surface area contributed by atoms with Crippen LogP contribution < -0.4 is 5.09 Å². The summed E-state index contributed by atoms with van der Waals surface area (Å²) in [7, 11) is -3.45. The van der Waals surface area contributed by atoms with Crippen molar-refractivity contribution in [3.05, 3.63) is 0 Å². The van der Waals surface area contributed by atoms with Crippen LogP contribution in [0.2, 0.25) is 0 Å². The van der Waals surface area contributed by atoms with Crippen LogP contribution in [0, 0.1) is 0 Å². The number of hydrogen-bond acceptors (Lipinski definition) is 3. The number of alkyl halides is 2. The van der Waals surface area contributed by atoms with Crippen molar-refractivity contribution in [3.63, 3.8) is 0 Å². The highest BCUT2D eigenvalue weighted by Crippen LogP contribution is 2.44. The van der Waals surface area contributed by atoms with Crippen molar-refractivity contribution in [1.82, 2.24) is 5.09 Å². The Morgan fingerprint density at radius 3 is 2.62 bits per heavy atom. The molecule has 0 aromatic carbocycles. The molecule has 0 saturated heterocycles. The van der Waals surface area contributed by atoms with Gasteiger partial charge in [0.15, 0.2) is 0 Å². The molecule has 0 saturated carbocycles. The summed E-state index contributed by atoms with van der Waals surface area (Å²) in [6.07, 6.45) is -1.63. The van der Waals surface area contributed by atoms with E-state index in [0.29, 0.717) is 6.54 Å². The predicted molar refractivity (Wildman–Crippen MR) is 52.7 cm³/mol. The first kappa shape index (κ1) is 13.5. The van der Waals surface area contributed by atoms with Crippen LogP contribution in [-0.2, 0) is 13.6 Å². The Kier molecular flexibility index (Phi) is 7.17. The molecular weight excluding hydrogens is 264 g/mol. The van der Waals surface area contributed by atoms with Gasteiger partial charge in [-0.15, -0.1) is 0 Å². The molecule has 0 bridgehead atoms.